The molecule has 0 radical (unpaired) electrons. The molecule has 2 heterocycles. The summed E-state index contributed by atoms with van der Waals surface area (Å²) in [5.74, 6) is 0.278. The van der Waals surface area contributed by atoms with Crippen LogP contribution in [0.15, 0.2) is 12.4 Å². The summed E-state index contributed by atoms with van der Waals surface area (Å²) >= 11 is 0. The summed E-state index contributed by atoms with van der Waals surface area (Å²) in [4.78, 5) is 23.6. The van der Waals surface area contributed by atoms with Gasteiger partial charge in [0.1, 0.15) is 12.0 Å². The van der Waals surface area contributed by atoms with Gasteiger partial charge in [-0.15, -0.1) is 0 Å². The number of hydrogen-bond acceptors (Lipinski definition) is 6. The second kappa shape index (κ2) is 4.78. The Morgan fingerprint density at radius 1 is 1.50 bits per heavy atom. The zero-order chi connectivity index (χ0) is 13.1. The van der Waals surface area contributed by atoms with E-state index in [2.05, 4.69) is 25.4 Å². The van der Waals surface area contributed by atoms with Crippen LogP contribution < -0.4 is 11.1 Å². The van der Waals surface area contributed by atoms with E-state index in [0.29, 0.717) is 11.5 Å². The van der Waals surface area contributed by atoms with E-state index in [9.17, 15) is 4.79 Å². The molecule has 0 aromatic carbocycles. The van der Waals surface area contributed by atoms with Gasteiger partial charge in [0.15, 0.2) is 5.82 Å². The van der Waals surface area contributed by atoms with Gasteiger partial charge in [0.25, 0.3) is 5.91 Å². The Hall–Kier alpha value is -2.51. The number of nitrogens with one attached hydrogen (secondary N) is 1. The molecule has 2 aromatic rings. The molecule has 2 rings (SSSR count). The molecule has 0 unspecified atom stereocenters. The van der Waals surface area contributed by atoms with E-state index in [-0.39, 0.29) is 24.1 Å². The van der Waals surface area contributed by atoms with Gasteiger partial charge in [0.2, 0.25) is 5.95 Å². The van der Waals surface area contributed by atoms with E-state index in [4.69, 9.17) is 5.73 Å². The Balaban J connectivity index is 2.03. The molecular formula is C10H13N7O. The number of carbonyl (C=O) groups excluding carboxylic acids is 1. The molecule has 0 spiro atoms. The summed E-state index contributed by atoms with van der Waals surface area (Å²) in [5.41, 5.74) is 6.35. The lowest BCUT2D eigenvalue weighted by Gasteiger charge is -2.03. The molecule has 3 N–H and O–H groups in total. The number of nitrogens with two attached hydrogens (primary N) is 1. The number of anilines is 1. The fourth-order valence-electron chi connectivity index (χ4n) is 1.42. The molecule has 0 aliphatic rings. The average molecular weight is 247 g/mol. The molecule has 0 fully saturated rings. The Labute approximate surface area is 103 Å². The summed E-state index contributed by atoms with van der Waals surface area (Å²) in [5, 5.41) is 6.70. The third-order valence-corrected chi connectivity index (χ3v) is 2.16. The van der Waals surface area contributed by atoms with Gasteiger partial charge >= 0.3 is 0 Å². The number of aromatic nitrogens is 5. The molecule has 0 saturated heterocycles. The van der Waals surface area contributed by atoms with Gasteiger partial charge in [-0.1, -0.05) is 0 Å². The molecule has 0 atom stereocenters. The van der Waals surface area contributed by atoms with Crippen molar-refractivity contribution in [3.05, 3.63) is 29.6 Å². The van der Waals surface area contributed by atoms with Crippen molar-refractivity contribution in [2.24, 2.45) is 7.05 Å². The lowest BCUT2D eigenvalue weighted by molar-refractivity contribution is 0.0944. The monoisotopic (exact) mass is 247 g/mol. The summed E-state index contributed by atoms with van der Waals surface area (Å²) in [6.07, 6.45) is 1.56. The van der Waals surface area contributed by atoms with Gasteiger partial charge in [-0.25, -0.2) is 15.0 Å². The largest absolute Gasteiger partial charge is 0.368 e. The van der Waals surface area contributed by atoms with Crippen LogP contribution in [0.25, 0.3) is 0 Å². The highest BCUT2D eigenvalue weighted by Crippen LogP contribution is 2.01. The highest BCUT2D eigenvalue weighted by atomic mass is 16.1. The fourth-order valence-corrected chi connectivity index (χ4v) is 1.42. The van der Waals surface area contributed by atoms with E-state index in [0.717, 1.165) is 0 Å². The van der Waals surface area contributed by atoms with Gasteiger partial charge in [0, 0.05) is 12.7 Å². The second-order valence-corrected chi connectivity index (χ2v) is 3.77. The van der Waals surface area contributed by atoms with E-state index in [1.807, 2.05) is 0 Å². The first-order valence-electron chi connectivity index (χ1n) is 5.28. The Morgan fingerprint density at radius 3 is 2.89 bits per heavy atom. The van der Waals surface area contributed by atoms with Crippen molar-refractivity contribution < 1.29 is 4.79 Å². The average Bonchev–Trinajstić information content (AvgIpc) is 2.70. The topological polar surface area (TPSA) is 112 Å². The third-order valence-electron chi connectivity index (χ3n) is 2.16. The lowest BCUT2D eigenvalue weighted by atomic mass is 10.3. The van der Waals surface area contributed by atoms with Crippen molar-refractivity contribution >= 4 is 11.9 Å². The summed E-state index contributed by atoms with van der Waals surface area (Å²) in [6.45, 7) is 1.98. The van der Waals surface area contributed by atoms with E-state index >= 15 is 0 Å². The highest BCUT2D eigenvalue weighted by Gasteiger charge is 2.10. The van der Waals surface area contributed by atoms with Crippen LogP contribution in [-0.2, 0) is 13.6 Å². The molecule has 1 amide bonds. The first-order chi connectivity index (χ1) is 8.54. The van der Waals surface area contributed by atoms with Crippen LogP contribution in [0.4, 0.5) is 5.95 Å². The molecule has 18 heavy (non-hydrogen) atoms. The SMILES string of the molecule is Cc1cc(C(=O)NCc2ncn(C)n2)nc(N)n1. The second-order valence-electron chi connectivity index (χ2n) is 3.77. The number of carbonyl (C=O) groups is 1. The van der Waals surface area contributed by atoms with Crippen LogP contribution in [0.5, 0.6) is 0 Å². The van der Waals surface area contributed by atoms with Crippen LogP contribution in [0, 0.1) is 6.92 Å². The van der Waals surface area contributed by atoms with Crippen LogP contribution >= 0.6 is 0 Å². The Kier molecular flexibility index (Phi) is 3.18. The van der Waals surface area contributed by atoms with Gasteiger partial charge in [0.05, 0.1) is 6.54 Å². The normalized spacial score (nSPS) is 10.3. The quantitative estimate of drug-likeness (QED) is 0.751. The minimum absolute atomic E-state index is 0.0797. The smallest absolute Gasteiger partial charge is 0.270 e. The van der Waals surface area contributed by atoms with Crippen LogP contribution in [0.3, 0.4) is 0 Å². The predicted molar refractivity (Wildman–Crippen MR) is 63.4 cm³/mol. The number of hydrogen-bond donors (Lipinski definition) is 2. The zero-order valence-electron chi connectivity index (χ0n) is 10.1. The Bertz CT molecular complexity index is 557. The summed E-state index contributed by atoms with van der Waals surface area (Å²) < 4.78 is 1.56. The van der Waals surface area contributed by atoms with E-state index in [1.165, 1.54) is 0 Å². The lowest BCUT2D eigenvalue weighted by Crippen LogP contribution is -2.25. The molecule has 2 aromatic heterocycles. The maximum Gasteiger partial charge on any atom is 0.270 e. The van der Waals surface area contributed by atoms with Crippen molar-refractivity contribution in [2.75, 3.05) is 5.73 Å². The van der Waals surface area contributed by atoms with Gasteiger partial charge in [-0.2, -0.15) is 5.10 Å². The standard InChI is InChI=1S/C10H13N7O/c1-6-3-7(15-10(11)14-6)9(18)12-4-8-13-5-17(2)16-8/h3,5H,4H2,1-2H3,(H,12,18)(H2,11,14,15). The van der Waals surface area contributed by atoms with E-state index < -0.39 is 0 Å². The van der Waals surface area contributed by atoms with Gasteiger partial charge in [-0.05, 0) is 13.0 Å². The van der Waals surface area contributed by atoms with Gasteiger partial charge in [-0.3, -0.25) is 9.48 Å². The minimum Gasteiger partial charge on any atom is -0.368 e. The van der Waals surface area contributed by atoms with Crippen LogP contribution in [0.1, 0.15) is 22.0 Å². The molecule has 8 heteroatoms. The van der Waals surface area contributed by atoms with Crippen molar-refractivity contribution in [3.63, 3.8) is 0 Å². The molecular weight excluding hydrogens is 234 g/mol. The summed E-state index contributed by atoms with van der Waals surface area (Å²) in [7, 11) is 1.76. The highest BCUT2D eigenvalue weighted by molar-refractivity contribution is 5.92. The fraction of sp³-hybridized carbons (Fsp3) is 0.300. The minimum atomic E-state index is -0.334. The molecule has 0 aliphatic heterocycles. The number of aryl methyl sites for hydroxylation is 2. The first kappa shape index (κ1) is 12.0. The van der Waals surface area contributed by atoms with Crippen molar-refractivity contribution in [1.82, 2.24) is 30.0 Å². The number of amides is 1. The molecule has 0 bridgehead atoms. The molecule has 0 saturated carbocycles. The maximum atomic E-state index is 11.8. The third kappa shape index (κ3) is 2.78. The van der Waals surface area contributed by atoms with Crippen molar-refractivity contribution in [1.29, 1.82) is 0 Å². The van der Waals surface area contributed by atoms with E-state index in [1.54, 1.807) is 31.0 Å². The summed E-state index contributed by atoms with van der Waals surface area (Å²) in [6, 6.07) is 1.57. The Morgan fingerprint density at radius 2 is 2.28 bits per heavy atom. The number of rotatable bonds is 3. The zero-order valence-corrected chi connectivity index (χ0v) is 10.1. The number of nitrogens with zero attached hydrogens (tertiary/aromatic N) is 5. The molecule has 0 aliphatic carbocycles. The maximum absolute atomic E-state index is 11.8. The number of nitrogen functional groups attached to an aromatic ring is 1. The van der Waals surface area contributed by atoms with Crippen LogP contribution in [0.2, 0.25) is 0 Å². The van der Waals surface area contributed by atoms with Crippen molar-refractivity contribution in [3.8, 4) is 0 Å². The predicted octanol–water partition coefficient (Wildman–Crippen LogP) is -0.574. The molecule has 94 valence electrons. The molecule has 8 nitrogen and oxygen atoms in total. The van der Waals surface area contributed by atoms with Gasteiger partial charge < -0.3 is 11.1 Å². The first-order valence-corrected chi connectivity index (χ1v) is 5.28. The van der Waals surface area contributed by atoms with Crippen LogP contribution in [-0.4, -0.2) is 30.6 Å². The van der Waals surface area contributed by atoms with Crippen molar-refractivity contribution in [2.45, 2.75) is 13.5 Å².